The van der Waals surface area contributed by atoms with Crippen molar-refractivity contribution >= 4 is 27.2 Å². The fourth-order valence-corrected chi connectivity index (χ4v) is 4.83. The van der Waals surface area contributed by atoms with Gasteiger partial charge in [0.25, 0.3) is 0 Å². The van der Waals surface area contributed by atoms with E-state index in [0.29, 0.717) is 23.2 Å². The first-order valence-corrected chi connectivity index (χ1v) is 9.58. The summed E-state index contributed by atoms with van der Waals surface area (Å²) in [6.45, 7) is 6.21. The lowest BCUT2D eigenvalue weighted by Crippen LogP contribution is -2.58. The zero-order valence-corrected chi connectivity index (χ0v) is 14.4. The lowest BCUT2D eigenvalue weighted by atomic mass is 9.76. The van der Waals surface area contributed by atoms with Gasteiger partial charge in [-0.25, -0.2) is 13.1 Å². The Kier molecular flexibility index (Phi) is 6.41. The van der Waals surface area contributed by atoms with Crippen molar-refractivity contribution in [2.45, 2.75) is 64.8 Å². The smallest absolute Gasteiger partial charge is 0.212 e. The monoisotopic (exact) mass is 320 g/mol. The third-order valence-electron chi connectivity index (χ3n) is 4.32. The number of sulfonamides is 1. The van der Waals surface area contributed by atoms with Gasteiger partial charge in [-0.2, -0.15) is 0 Å². The molecular formula is C14H28N2O2S2. The standard InChI is InChI=1S/C14H28N2O2S2/c1-4-12-5-8-14(9-6-12,13(15)19)16-20(17,18)10-7-11(2)3/h11-12,16H,4-10H2,1-3H3,(H2,15,19). The average Bonchev–Trinajstić information content (AvgIpc) is 2.37. The number of hydrogen-bond donors (Lipinski definition) is 2. The minimum absolute atomic E-state index is 0.145. The van der Waals surface area contributed by atoms with E-state index in [1.165, 1.54) is 0 Å². The van der Waals surface area contributed by atoms with Crippen molar-refractivity contribution in [3.8, 4) is 0 Å². The first kappa shape index (κ1) is 17.9. The Morgan fingerprint density at radius 3 is 2.35 bits per heavy atom. The van der Waals surface area contributed by atoms with Crippen LogP contribution in [-0.2, 0) is 10.0 Å². The van der Waals surface area contributed by atoms with Gasteiger partial charge in [0.05, 0.1) is 16.3 Å². The van der Waals surface area contributed by atoms with Gasteiger partial charge in [0, 0.05) is 0 Å². The molecule has 0 bridgehead atoms. The summed E-state index contributed by atoms with van der Waals surface area (Å²) in [4.78, 5) is 0.292. The van der Waals surface area contributed by atoms with Crippen molar-refractivity contribution in [2.75, 3.05) is 5.75 Å². The minimum Gasteiger partial charge on any atom is -0.392 e. The number of rotatable bonds is 7. The lowest BCUT2D eigenvalue weighted by Gasteiger charge is -2.39. The molecule has 1 rings (SSSR count). The summed E-state index contributed by atoms with van der Waals surface area (Å²) < 4.78 is 27.3. The van der Waals surface area contributed by atoms with E-state index in [0.717, 1.165) is 32.1 Å². The molecule has 0 spiro atoms. The molecule has 0 amide bonds. The second-order valence-electron chi connectivity index (χ2n) is 6.40. The van der Waals surface area contributed by atoms with Gasteiger partial charge in [0.2, 0.25) is 10.0 Å². The summed E-state index contributed by atoms with van der Waals surface area (Å²) in [6.07, 6.45) is 5.21. The van der Waals surface area contributed by atoms with E-state index in [4.69, 9.17) is 18.0 Å². The Hall–Kier alpha value is -0.200. The maximum atomic E-state index is 12.2. The molecule has 118 valence electrons. The highest BCUT2D eigenvalue weighted by Gasteiger charge is 2.40. The van der Waals surface area contributed by atoms with Crippen molar-refractivity contribution in [3.05, 3.63) is 0 Å². The second kappa shape index (κ2) is 7.18. The van der Waals surface area contributed by atoms with Crippen LogP contribution in [0.4, 0.5) is 0 Å². The van der Waals surface area contributed by atoms with Gasteiger partial charge >= 0.3 is 0 Å². The Morgan fingerprint density at radius 2 is 1.95 bits per heavy atom. The van der Waals surface area contributed by atoms with Gasteiger partial charge < -0.3 is 5.73 Å². The van der Waals surface area contributed by atoms with Crippen molar-refractivity contribution in [1.82, 2.24) is 4.72 Å². The molecule has 0 saturated heterocycles. The van der Waals surface area contributed by atoms with Crippen LogP contribution in [0.25, 0.3) is 0 Å². The van der Waals surface area contributed by atoms with E-state index in [1.54, 1.807) is 0 Å². The van der Waals surface area contributed by atoms with Crippen LogP contribution in [0.2, 0.25) is 0 Å². The summed E-state index contributed by atoms with van der Waals surface area (Å²) in [5.41, 5.74) is 5.16. The van der Waals surface area contributed by atoms with Gasteiger partial charge in [-0.1, -0.05) is 39.4 Å². The molecule has 0 aromatic heterocycles. The van der Waals surface area contributed by atoms with Crippen LogP contribution in [0.15, 0.2) is 0 Å². The molecule has 0 aromatic carbocycles. The molecule has 0 aromatic rings. The highest BCUT2D eigenvalue weighted by Crippen LogP contribution is 2.34. The van der Waals surface area contributed by atoms with Gasteiger partial charge in [-0.3, -0.25) is 0 Å². The molecule has 6 heteroatoms. The van der Waals surface area contributed by atoms with Crippen LogP contribution < -0.4 is 10.5 Å². The van der Waals surface area contributed by atoms with Crippen molar-refractivity contribution in [1.29, 1.82) is 0 Å². The zero-order valence-electron chi connectivity index (χ0n) is 12.8. The normalized spacial score (nSPS) is 27.7. The van der Waals surface area contributed by atoms with Gasteiger partial charge in [0.15, 0.2) is 0 Å². The zero-order chi connectivity index (χ0) is 15.4. The molecule has 3 N–H and O–H groups in total. The van der Waals surface area contributed by atoms with Crippen molar-refractivity contribution in [2.24, 2.45) is 17.6 Å². The minimum atomic E-state index is -3.32. The first-order valence-electron chi connectivity index (χ1n) is 7.52. The number of nitrogens with one attached hydrogen (secondary N) is 1. The molecule has 1 saturated carbocycles. The fourth-order valence-electron chi connectivity index (χ4n) is 2.72. The molecule has 0 aliphatic heterocycles. The lowest BCUT2D eigenvalue weighted by molar-refractivity contribution is 0.269. The largest absolute Gasteiger partial charge is 0.392 e. The Bertz CT molecular complexity index is 424. The van der Waals surface area contributed by atoms with Crippen LogP contribution >= 0.6 is 12.2 Å². The first-order chi connectivity index (χ1) is 9.21. The topological polar surface area (TPSA) is 72.2 Å². The number of hydrogen-bond acceptors (Lipinski definition) is 3. The SMILES string of the molecule is CCC1CCC(NS(=O)(=O)CCC(C)C)(C(N)=S)CC1. The summed E-state index contributed by atoms with van der Waals surface area (Å²) in [5.74, 6) is 1.17. The van der Waals surface area contributed by atoms with Crippen LogP contribution in [0.3, 0.4) is 0 Å². The van der Waals surface area contributed by atoms with Crippen molar-refractivity contribution in [3.63, 3.8) is 0 Å². The highest BCUT2D eigenvalue weighted by atomic mass is 32.2. The Labute approximate surface area is 128 Å². The summed E-state index contributed by atoms with van der Waals surface area (Å²) in [6, 6.07) is 0. The summed E-state index contributed by atoms with van der Waals surface area (Å²) >= 11 is 5.16. The van der Waals surface area contributed by atoms with Gasteiger partial charge in [-0.05, 0) is 43.9 Å². The maximum absolute atomic E-state index is 12.2. The maximum Gasteiger partial charge on any atom is 0.212 e. The molecule has 1 aliphatic carbocycles. The summed E-state index contributed by atoms with van der Waals surface area (Å²) in [5, 5.41) is 0. The third-order valence-corrected chi connectivity index (χ3v) is 6.19. The molecule has 20 heavy (non-hydrogen) atoms. The molecule has 0 atom stereocenters. The molecule has 1 fully saturated rings. The highest BCUT2D eigenvalue weighted by molar-refractivity contribution is 7.89. The predicted molar refractivity (Wildman–Crippen MR) is 88.1 cm³/mol. The Morgan fingerprint density at radius 1 is 1.40 bits per heavy atom. The van der Waals surface area contributed by atoms with Crippen molar-refractivity contribution < 1.29 is 8.42 Å². The molecule has 1 aliphatic rings. The third kappa shape index (κ3) is 4.97. The Balaban J connectivity index is 2.76. The van der Waals surface area contributed by atoms with E-state index in [-0.39, 0.29) is 5.75 Å². The van der Waals surface area contributed by atoms with Crippen LogP contribution in [0.5, 0.6) is 0 Å². The van der Waals surface area contributed by atoms with E-state index in [2.05, 4.69) is 11.6 Å². The van der Waals surface area contributed by atoms with Gasteiger partial charge in [-0.15, -0.1) is 0 Å². The van der Waals surface area contributed by atoms with E-state index in [1.807, 2.05) is 13.8 Å². The molecule has 4 nitrogen and oxygen atoms in total. The van der Waals surface area contributed by atoms with Gasteiger partial charge in [0.1, 0.15) is 0 Å². The van der Waals surface area contributed by atoms with E-state index < -0.39 is 15.6 Å². The van der Waals surface area contributed by atoms with Crippen LogP contribution in [0, 0.1) is 11.8 Å². The fraction of sp³-hybridized carbons (Fsp3) is 0.929. The predicted octanol–water partition coefficient (Wildman–Crippen LogP) is 2.58. The quantitative estimate of drug-likeness (QED) is 0.707. The molecule has 0 radical (unpaired) electrons. The molecule has 0 heterocycles. The average molecular weight is 321 g/mol. The molecule has 0 unspecified atom stereocenters. The van der Waals surface area contributed by atoms with E-state index >= 15 is 0 Å². The number of nitrogens with two attached hydrogens (primary N) is 1. The van der Waals surface area contributed by atoms with E-state index in [9.17, 15) is 8.42 Å². The van der Waals surface area contributed by atoms with Crippen LogP contribution in [0.1, 0.15) is 59.3 Å². The summed E-state index contributed by atoms with van der Waals surface area (Å²) in [7, 11) is -3.32. The number of thiocarbonyl (C=S) groups is 1. The van der Waals surface area contributed by atoms with Crippen LogP contribution in [-0.4, -0.2) is 24.7 Å². The molecular weight excluding hydrogens is 292 g/mol. The second-order valence-corrected chi connectivity index (χ2v) is 8.68.